The molecule has 0 saturated heterocycles. The second-order valence-electron chi connectivity index (χ2n) is 7.76. The van der Waals surface area contributed by atoms with Crippen LogP contribution in [0, 0.1) is 5.92 Å². The van der Waals surface area contributed by atoms with Crippen molar-refractivity contribution in [3.8, 4) is 11.1 Å². The number of halogens is 5. The topological polar surface area (TPSA) is 66.4 Å². The molecule has 2 aromatic rings. The Morgan fingerprint density at radius 1 is 1.10 bits per heavy atom. The minimum Gasteiger partial charge on any atom is -0.480 e. The van der Waals surface area contributed by atoms with Gasteiger partial charge in [0, 0.05) is 10.0 Å². The summed E-state index contributed by atoms with van der Waals surface area (Å²) >= 11 is 12.1. The standard InChI is InChI=1S/C22H20Cl2F3NO3/c23-17-6-3-13(4-7-17)14-5-8-18(24)15(10-14)11-19(29)28-21(20(30)31)9-1-2-16(12-21)22(25,26)27/h3-8,10,16H,1-2,9,11-12H2,(H,28,29)(H,30,31)/t16-,21-/m0/s1. The van der Waals surface area contributed by atoms with Crippen LogP contribution >= 0.6 is 23.2 Å². The zero-order valence-electron chi connectivity index (χ0n) is 16.3. The molecule has 0 radical (unpaired) electrons. The maximum Gasteiger partial charge on any atom is 0.391 e. The molecule has 0 aromatic heterocycles. The van der Waals surface area contributed by atoms with Crippen molar-refractivity contribution < 1.29 is 27.9 Å². The van der Waals surface area contributed by atoms with Crippen LogP contribution in [-0.2, 0) is 16.0 Å². The molecule has 0 aliphatic heterocycles. The van der Waals surface area contributed by atoms with E-state index in [-0.39, 0.29) is 25.7 Å². The molecule has 0 unspecified atom stereocenters. The summed E-state index contributed by atoms with van der Waals surface area (Å²) in [6.45, 7) is 0. The van der Waals surface area contributed by atoms with Crippen molar-refractivity contribution in [1.29, 1.82) is 0 Å². The van der Waals surface area contributed by atoms with Gasteiger partial charge in [-0.25, -0.2) is 4.79 Å². The Kier molecular flexibility index (Phi) is 6.86. The quantitative estimate of drug-likeness (QED) is 0.568. The van der Waals surface area contributed by atoms with Gasteiger partial charge in [0.2, 0.25) is 5.91 Å². The SMILES string of the molecule is O=C(Cc1cc(-c2ccc(Cl)cc2)ccc1Cl)N[C@@]1(C(=O)O)CCC[C@H](C(F)(F)F)C1. The normalized spacial score (nSPS) is 21.5. The fourth-order valence-corrected chi connectivity index (χ4v) is 4.24. The molecule has 1 saturated carbocycles. The number of nitrogens with one attached hydrogen (secondary N) is 1. The third-order valence-electron chi connectivity index (χ3n) is 5.58. The molecule has 1 aliphatic rings. The monoisotopic (exact) mass is 473 g/mol. The Morgan fingerprint density at radius 2 is 1.74 bits per heavy atom. The second-order valence-corrected chi connectivity index (χ2v) is 8.60. The lowest BCUT2D eigenvalue weighted by atomic mass is 9.75. The lowest BCUT2D eigenvalue weighted by molar-refractivity contribution is -0.192. The van der Waals surface area contributed by atoms with E-state index in [1.807, 2.05) is 0 Å². The molecule has 9 heteroatoms. The Hall–Kier alpha value is -2.25. The third kappa shape index (κ3) is 5.52. The number of carbonyl (C=O) groups excluding carboxylic acids is 1. The molecular formula is C22H20Cl2F3NO3. The molecule has 166 valence electrons. The summed E-state index contributed by atoms with van der Waals surface area (Å²) in [7, 11) is 0. The van der Waals surface area contributed by atoms with Crippen molar-refractivity contribution in [2.75, 3.05) is 0 Å². The van der Waals surface area contributed by atoms with E-state index in [0.29, 0.717) is 15.6 Å². The summed E-state index contributed by atoms with van der Waals surface area (Å²) < 4.78 is 39.6. The van der Waals surface area contributed by atoms with Gasteiger partial charge < -0.3 is 10.4 Å². The zero-order chi connectivity index (χ0) is 22.8. The van der Waals surface area contributed by atoms with Gasteiger partial charge in [0.15, 0.2) is 0 Å². The van der Waals surface area contributed by atoms with Crippen LogP contribution in [0.4, 0.5) is 13.2 Å². The van der Waals surface area contributed by atoms with Gasteiger partial charge in [-0.05, 0) is 66.6 Å². The van der Waals surface area contributed by atoms with Gasteiger partial charge in [-0.15, -0.1) is 0 Å². The van der Waals surface area contributed by atoms with Crippen molar-refractivity contribution in [3.63, 3.8) is 0 Å². The Bertz CT molecular complexity index is 979. The molecule has 2 aromatic carbocycles. The number of alkyl halides is 3. The van der Waals surface area contributed by atoms with Gasteiger partial charge in [-0.1, -0.05) is 41.4 Å². The van der Waals surface area contributed by atoms with Gasteiger partial charge in [0.1, 0.15) is 5.54 Å². The molecule has 1 amide bonds. The first-order valence-electron chi connectivity index (χ1n) is 9.66. The molecular weight excluding hydrogens is 454 g/mol. The van der Waals surface area contributed by atoms with Crippen molar-refractivity contribution >= 4 is 35.1 Å². The van der Waals surface area contributed by atoms with E-state index in [0.717, 1.165) is 11.1 Å². The van der Waals surface area contributed by atoms with E-state index in [9.17, 15) is 27.9 Å². The van der Waals surface area contributed by atoms with Gasteiger partial charge in [-0.2, -0.15) is 13.2 Å². The molecule has 31 heavy (non-hydrogen) atoms. The van der Waals surface area contributed by atoms with Crippen LogP contribution < -0.4 is 5.32 Å². The maximum atomic E-state index is 13.2. The highest BCUT2D eigenvalue weighted by Crippen LogP contribution is 2.42. The van der Waals surface area contributed by atoms with E-state index in [1.165, 1.54) is 0 Å². The average molecular weight is 474 g/mol. The number of rotatable bonds is 5. The van der Waals surface area contributed by atoms with Crippen LogP contribution in [0.5, 0.6) is 0 Å². The molecule has 1 aliphatic carbocycles. The number of carbonyl (C=O) groups is 2. The van der Waals surface area contributed by atoms with Crippen molar-refractivity contribution in [3.05, 3.63) is 58.1 Å². The summed E-state index contributed by atoms with van der Waals surface area (Å²) in [4.78, 5) is 24.5. The van der Waals surface area contributed by atoms with Crippen molar-refractivity contribution in [2.45, 2.75) is 43.8 Å². The summed E-state index contributed by atoms with van der Waals surface area (Å²) in [5.41, 5.74) is 0.0995. The number of hydrogen-bond donors (Lipinski definition) is 2. The Balaban J connectivity index is 1.79. The van der Waals surface area contributed by atoms with Crippen LogP contribution in [-0.4, -0.2) is 28.7 Å². The van der Waals surface area contributed by atoms with Gasteiger partial charge in [0.25, 0.3) is 0 Å². The van der Waals surface area contributed by atoms with Crippen LogP contribution in [0.2, 0.25) is 10.0 Å². The molecule has 1 fully saturated rings. The molecule has 0 heterocycles. The maximum absolute atomic E-state index is 13.2. The molecule has 0 spiro atoms. The highest BCUT2D eigenvalue weighted by molar-refractivity contribution is 6.31. The van der Waals surface area contributed by atoms with E-state index < -0.39 is 35.9 Å². The Morgan fingerprint density at radius 3 is 2.35 bits per heavy atom. The largest absolute Gasteiger partial charge is 0.480 e. The van der Waals surface area contributed by atoms with Crippen LogP contribution in [0.3, 0.4) is 0 Å². The molecule has 2 N–H and O–H groups in total. The lowest BCUT2D eigenvalue weighted by Crippen LogP contribution is -2.58. The average Bonchev–Trinajstić information content (AvgIpc) is 2.69. The van der Waals surface area contributed by atoms with E-state index in [2.05, 4.69) is 5.32 Å². The van der Waals surface area contributed by atoms with Gasteiger partial charge >= 0.3 is 12.1 Å². The molecule has 4 nitrogen and oxygen atoms in total. The summed E-state index contributed by atoms with van der Waals surface area (Å²) in [5, 5.41) is 12.9. The first-order valence-corrected chi connectivity index (χ1v) is 10.4. The number of carboxylic acids is 1. The fraction of sp³-hybridized carbons (Fsp3) is 0.364. The number of benzene rings is 2. The minimum atomic E-state index is -4.51. The smallest absolute Gasteiger partial charge is 0.391 e. The molecule has 2 atom stereocenters. The van der Waals surface area contributed by atoms with E-state index >= 15 is 0 Å². The fourth-order valence-electron chi connectivity index (χ4n) is 3.93. The van der Waals surface area contributed by atoms with E-state index in [4.69, 9.17) is 23.2 Å². The molecule has 0 bridgehead atoms. The third-order valence-corrected chi connectivity index (χ3v) is 6.20. The summed E-state index contributed by atoms with van der Waals surface area (Å²) in [6.07, 6.45) is -5.60. The second kappa shape index (κ2) is 9.09. The minimum absolute atomic E-state index is 0.0563. The van der Waals surface area contributed by atoms with Gasteiger partial charge in [-0.3, -0.25) is 4.79 Å². The van der Waals surface area contributed by atoms with E-state index in [1.54, 1.807) is 42.5 Å². The first-order chi connectivity index (χ1) is 14.5. The van der Waals surface area contributed by atoms with Crippen LogP contribution in [0.1, 0.15) is 31.2 Å². The highest BCUT2D eigenvalue weighted by Gasteiger charge is 2.51. The number of carboxylic acid groups (broad SMARTS) is 1. The Labute approximate surface area is 187 Å². The summed E-state index contributed by atoms with van der Waals surface area (Å²) in [6, 6.07) is 12.1. The van der Waals surface area contributed by atoms with Crippen LogP contribution in [0.15, 0.2) is 42.5 Å². The van der Waals surface area contributed by atoms with Crippen molar-refractivity contribution in [2.24, 2.45) is 5.92 Å². The zero-order valence-corrected chi connectivity index (χ0v) is 17.8. The first kappa shape index (κ1) is 23.4. The predicted octanol–water partition coefficient (Wildman–Crippen LogP) is 5.90. The van der Waals surface area contributed by atoms with Gasteiger partial charge in [0.05, 0.1) is 12.3 Å². The molecule has 3 rings (SSSR count). The highest BCUT2D eigenvalue weighted by atomic mass is 35.5. The number of aliphatic carboxylic acids is 1. The number of amides is 1. The lowest BCUT2D eigenvalue weighted by Gasteiger charge is -2.38. The summed E-state index contributed by atoms with van der Waals surface area (Å²) in [5.74, 6) is -3.93. The number of hydrogen-bond acceptors (Lipinski definition) is 2. The predicted molar refractivity (Wildman–Crippen MR) is 112 cm³/mol. The van der Waals surface area contributed by atoms with Crippen molar-refractivity contribution in [1.82, 2.24) is 5.32 Å². The van der Waals surface area contributed by atoms with Crippen LogP contribution in [0.25, 0.3) is 11.1 Å².